The van der Waals surface area contributed by atoms with E-state index in [1.807, 2.05) is 6.20 Å². The van der Waals surface area contributed by atoms with Gasteiger partial charge in [0.15, 0.2) is 0 Å². The molecule has 1 aromatic heterocycles. The van der Waals surface area contributed by atoms with Crippen LogP contribution in [0, 0.1) is 0 Å². The molecule has 1 aliphatic heterocycles. The average molecular weight is 272 g/mol. The van der Waals surface area contributed by atoms with E-state index < -0.39 is 0 Å². The Morgan fingerprint density at radius 2 is 2.30 bits per heavy atom. The van der Waals surface area contributed by atoms with Gasteiger partial charge in [0, 0.05) is 23.2 Å². The average Bonchev–Trinajstić information content (AvgIpc) is 2.75. The van der Waals surface area contributed by atoms with Crippen molar-refractivity contribution in [3.63, 3.8) is 0 Å². The highest BCUT2D eigenvalue weighted by atomic mass is 15.1. The Morgan fingerprint density at radius 3 is 3.25 bits per heavy atom. The smallest absolute Gasteiger partial charge is 0.0651 e. The Hall–Kier alpha value is -1.55. The number of H-pyrrole nitrogens is 1. The van der Waals surface area contributed by atoms with Crippen LogP contribution in [0.3, 0.4) is 0 Å². The van der Waals surface area contributed by atoms with E-state index in [1.165, 1.54) is 44.3 Å². The molecule has 3 N–H and O–H groups in total. The molecule has 1 aliphatic rings. The molecular formula is C16H24N4. The fourth-order valence-electron chi connectivity index (χ4n) is 3.10. The first-order valence-electron chi connectivity index (χ1n) is 7.74. The van der Waals surface area contributed by atoms with Crippen molar-refractivity contribution in [3.05, 3.63) is 24.4 Å². The van der Waals surface area contributed by atoms with Crippen LogP contribution in [-0.4, -0.2) is 28.8 Å². The molecular weight excluding hydrogens is 248 g/mol. The van der Waals surface area contributed by atoms with Crippen LogP contribution in [0.1, 0.15) is 39.0 Å². The van der Waals surface area contributed by atoms with Crippen LogP contribution in [-0.2, 0) is 0 Å². The molecule has 0 amide bonds. The molecule has 0 bridgehead atoms. The summed E-state index contributed by atoms with van der Waals surface area (Å²) in [5, 5.41) is 15.5. The maximum Gasteiger partial charge on any atom is 0.0651 e. The van der Waals surface area contributed by atoms with Crippen LogP contribution < -0.4 is 10.6 Å². The molecule has 108 valence electrons. The van der Waals surface area contributed by atoms with Gasteiger partial charge in [-0.15, -0.1) is 0 Å². The van der Waals surface area contributed by atoms with E-state index in [9.17, 15) is 0 Å². The fourth-order valence-corrected chi connectivity index (χ4v) is 3.10. The van der Waals surface area contributed by atoms with E-state index in [4.69, 9.17) is 0 Å². The lowest BCUT2D eigenvalue weighted by Gasteiger charge is -2.22. The van der Waals surface area contributed by atoms with Crippen molar-refractivity contribution in [1.29, 1.82) is 0 Å². The van der Waals surface area contributed by atoms with Gasteiger partial charge in [-0.2, -0.15) is 5.10 Å². The zero-order valence-corrected chi connectivity index (χ0v) is 12.2. The van der Waals surface area contributed by atoms with Gasteiger partial charge < -0.3 is 10.6 Å². The van der Waals surface area contributed by atoms with E-state index in [1.54, 1.807) is 0 Å². The molecule has 3 rings (SSSR count). The summed E-state index contributed by atoms with van der Waals surface area (Å²) in [6.45, 7) is 3.45. The highest BCUT2D eigenvalue weighted by Gasteiger charge is 2.14. The molecule has 2 unspecified atom stereocenters. The lowest BCUT2D eigenvalue weighted by Crippen LogP contribution is -2.33. The maximum atomic E-state index is 4.06. The van der Waals surface area contributed by atoms with Crippen molar-refractivity contribution in [2.24, 2.45) is 0 Å². The summed E-state index contributed by atoms with van der Waals surface area (Å²) in [5.74, 6) is 0. The number of benzene rings is 1. The second-order valence-electron chi connectivity index (χ2n) is 5.95. The van der Waals surface area contributed by atoms with Gasteiger partial charge in [-0.05, 0) is 50.9 Å². The summed E-state index contributed by atoms with van der Waals surface area (Å²) in [5.41, 5.74) is 2.27. The third kappa shape index (κ3) is 3.31. The zero-order valence-electron chi connectivity index (χ0n) is 12.2. The van der Waals surface area contributed by atoms with E-state index in [2.05, 4.69) is 46.0 Å². The van der Waals surface area contributed by atoms with Crippen LogP contribution >= 0.6 is 0 Å². The quantitative estimate of drug-likeness (QED) is 0.800. The van der Waals surface area contributed by atoms with Crippen LogP contribution in [0.4, 0.5) is 5.69 Å². The Morgan fingerprint density at radius 1 is 1.35 bits per heavy atom. The molecule has 20 heavy (non-hydrogen) atoms. The number of aromatic nitrogens is 2. The molecule has 0 radical (unpaired) electrons. The van der Waals surface area contributed by atoms with Crippen LogP contribution in [0.15, 0.2) is 24.4 Å². The SMILES string of the molecule is CC(CC1CCCCCN1)Nc1ccc2[nH]ncc2c1. The summed E-state index contributed by atoms with van der Waals surface area (Å²) in [6, 6.07) is 7.52. The summed E-state index contributed by atoms with van der Waals surface area (Å²) in [6.07, 6.45) is 8.44. The van der Waals surface area contributed by atoms with Crippen LogP contribution in [0.2, 0.25) is 0 Å². The molecule has 2 heterocycles. The van der Waals surface area contributed by atoms with Crippen molar-refractivity contribution in [3.8, 4) is 0 Å². The molecule has 0 saturated carbocycles. The highest BCUT2D eigenvalue weighted by Crippen LogP contribution is 2.19. The minimum atomic E-state index is 0.481. The van der Waals surface area contributed by atoms with Crippen molar-refractivity contribution in [1.82, 2.24) is 15.5 Å². The normalized spacial score (nSPS) is 21.6. The van der Waals surface area contributed by atoms with E-state index >= 15 is 0 Å². The lowest BCUT2D eigenvalue weighted by molar-refractivity contribution is 0.456. The molecule has 0 spiro atoms. The number of hydrogen-bond donors (Lipinski definition) is 3. The van der Waals surface area contributed by atoms with E-state index in [-0.39, 0.29) is 0 Å². The van der Waals surface area contributed by atoms with Crippen LogP contribution in [0.5, 0.6) is 0 Å². The first-order chi connectivity index (χ1) is 9.81. The number of nitrogens with one attached hydrogen (secondary N) is 3. The molecule has 2 atom stereocenters. The molecule has 4 heteroatoms. The summed E-state index contributed by atoms with van der Waals surface area (Å²) in [7, 11) is 0. The Labute approximate surface area is 120 Å². The Balaban J connectivity index is 1.58. The second kappa shape index (κ2) is 6.27. The van der Waals surface area contributed by atoms with E-state index in [0.717, 1.165) is 10.9 Å². The third-order valence-electron chi connectivity index (χ3n) is 4.15. The first kappa shape index (κ1) is 13.4. The molecule has 0 aliphatic carbocycles. The molecule has 2 aromatic rings. The van der Waals surface area contributed by atoms with Gasteiger partial charge in [-0.25, -0.2) is 0 Å². The molecule has 1 fully saturated rings. The lowest BCUT2D eigenvalue weighted by atomic mass is 10.0. The molecule has 4 nitrogen and oxygen atoms in total. The molecule has 1 aromatic carbocycles. The minimum Gasteiger partial charge on any atom is -0.383 e. The molecule has 1 saturated heterocycles. The predicted molar refractivity (Wildman–Crippen MR) is 84.1 cm³/mol. The highest BCUT2D eigenvalue weighted by molar-refractivity contribution is 5.81. The number of fused-ring (bicyclic) bond motifs is 1. The summed E-state index contributed by atoms with van der Waals surface area (Å²) >= 11 is 0. The topological polar surface area (TPSA) is 52.7 Å². The fraction of sp³-hybridized carbons (Fsp3) is 0.562. The van der Waals surface area contributed by atoms with Crippen molar-refractivity contribution in [2.45, 2.75) is 51.1 Å². The number of hydrogen-bond acceptors (Lipinski definition) is 3. The number of nitrogens with zero attached hydrogens (tertiary/aromatic N) is 1. The number of anilines is 1. The van der Waals surface area contributed by atoms with Gasteiger partial charge >= 0.3 is 0 Å². The zero-order chi connectivity index (χ0) is 13.8. The van der Waals surface area contributed by atoms with Crippen molar-refractivity contribution < 1.29 is 0 Å². The minimum absolute atomic E-state index is 0.481. The maximum absolute atomic E-state index is 4.06. The third-order valence-corrected chi connectivity index (χ3v) is 4.15. The van der Waals surface area contributed by atoms with Crippen molar-refractivity contribution >= 4 is 16.6 Å². The first-order valence-corrected chi connectivity index (χ1v) is 7.74. The predicted octanol–water partition coefficient (Wildman–Crippen LogP) is 3.29. The Bertz CT molecular complexity index is 540. The van der Waals surface area contributed by atoms with Gasteiger partial charge in [-0.3, -0.25) is 5.10 Å². The van der Waals surface area contributed by atoms with Gasteiger partial charge in [0.1, 0.15) is 0 Å². The van der Waals surface area contributed by atoms with E-state index in [0.29, 0.717) is 12.1 Å². The van der Waals surface area contributed by atoms with Crippen LogP contribution in [0.25, 0.3) is 10.9 Å². The summed E-state index contributed by atoms with van der Waals surface area (Å²) in [4.78, 5) is 0. The van der Waals surface area contributed by atoms with Crippen molar-refractivity contribution in [2.75, 3.05) is 11.9 Å². The standard InChI is InChI=1S/C16H24N4/c1-12(9-14-5-3-2-4-8-17-14)19-15-6-7-16-13(10-15)11-18-20-16/h6-7,10-12,14,17,19H,2-5,8-9H2,1H3,(H,18,20). The monoisotopic (exact) mass is 272 g/mol. The second-order valence-corrected chi connectivity index (χ2v) is 5.95. The summed E-state index contributed by atoms with van der Waals surface area (Å²) < 4.78 is 0. The van der Waals surface area contributed by atoms with Gasteiger partial charge in [0.05, 0.1) is 11.7 Å². The van der Waals surface area contributed by atoms with Gasteiger partial charge in [0.2, 0.25) is 0 Å². The Kier molecular flexibility index (Phi) is 4.21. The van der Waals surface area contributed by atoms with Gasteiger partial charge in [0.25, 0.3) is 0 Å². The number of aromatic amines is 1. The van der Waals surface area contributed by atoms with Gasteiger partial charge in [-0.1, -0.05) is 12.8 Å². The number of rotatable bonds is 4. The largest absolute Gasteiger partial charge is 0.383 e.